The number of aliphatic hydroxyl groups is 1. The zero-order chi connectivity index (χ0) is 18.1. The van der Waals surface area contributed by atoms with Crippen LogP contribution in [0.15, 0.2) is 48.5 Å². The molecule has 0 unspecified atom stereocenters. The molecule has 0 heterocycles. The summed E-state index contributed by atoms with van der Waals surface area (Å²) in [5, 5.41) is 22.2. The molecule has 0 aliphatic heterocycles. The number of hydrogen-bond acceptors (Lipinski definition) is 4. The van der Waals surface area contributed by atoms with Crippen LogP contribution in [0.25, 0.3) is 0 Å². The van der Waals surface area contributed by atoms with E-state index in [1.54, 1.807) is 18.2 Å². The SMILES string of the molecule is C[C@@H](CO)NCCC[C@@H](Oc1cc(Cl)ccc1C#N)c1ccccc1. The fourth-order valence-electron chi connectivity index (χ4n) is 2.50. The van der Waals surface area contributed by atoms with Crippen molar-refractivity contribution >= 4 is 11.6 Å². The van der Waals surface area contributed by atoms with Crippen LogP contribution in [0.1, 0.15) is 37.0 Å². The molecule has 0 saturated carbocycles. The van der Waals surface area contributed by atoms with Gasteiger partial charge in [-0.1, -0.05) is 41.9 Å². The molecule has 2 aromatic carbocycles. The lowest BCUT2D eigenvalue weighted by Crippen LogP contribution is -2.30. The maximum Gasteiger partial charge on any atom is 0.139 e. The van der Waals surface area contributed by atoms with E-state index in [0.29, 0.717) is 16.3 Å². The quantitative estimate of drug-likeness (QED) is 0.663. The van der Waals surface area contributed by atoms with Crippen molar-refractivity contribution in [2.75, 3.05) is 13.2 Å². The van der Waals surface area contributed by atoms with E-state index in [-0.39, 0.29) is 18.8 Å². The molecule has 2 rings (SSSR count). The van der Waals surface area contributed by atoms with Crippen LogP contribution in [0.5, 0.6) is 5.75 Å². The van der Waals surface area contributed by atoms with Crippen molar-refractivity contribution in [3.05, 3.63) is 64.7 Å². The number of ether oxygens (including phenoxy) is 1. The second-order valence-electron chi connectivity index (χ2n) is 5.95. The third-order valence-corrected chi connectivity index (χ3v) is 4.15. The van der Waals surface area contributed by atoms with E-state index in [2.05, 4.69) is 11.4 Å². The van der Waals surface area contributed by atoms with Gasteiger partial charge in [-0.2, -0.15) is 5.26 Å². The molecule has 0 aliphatic rings. The number of halogens is 1. The lowest BCUT2D eigenvalue weighted by Gasteiger charge is -2.21. The van der Waals surface area contributed by atoms with Crippen molar-refractivity contribution in [3.63, 3.8) is 0 Å². The number of aliphatic hydroxyl groups excluding tert-OH is 1. The normalized spacial score (nSPS) is 13.0. The zero-order valence-corrected chi connectivity index (χ0v) is 15.0. The molecule has 2 N–H and O–H groups in total. The number of nitriles is 1. The second-order valence-corrected chi connectivity index (χ2v) is 6.39. The minimum Gasteiger partial charge on any atom is -0.484 e. The van der Waals surface area contributed by atoms with Crippen LogP contribution in [0.2, 0.25) is 5.02 Å². The molecule has 0 fully saturated rings. The van der Waals surface area contributed by atoms with Gasteiger partial charge in [-0.05, 0) is 44.0 Å². The molecule has 5 heteroatoms. The van der Waals surface area contributed by atoms with Crippen molar-refractivity contribution in [2.45, 2.75) is 31.9 Å². The lowest BCUT2D eigenvalue weighted by molar-refractivity contribution is 0.189. The summed E-state index contributed by atoms with van der Waals surface area (Å²) < 4.78 is 6.15. The molecule has 0 aromatic heterocycles. The Kier molecular flexibility index (Phi) is 7.75. The standard InChI is InChI=1S/C20H23ClN2O2/c1-15(14-24)23-11-5-8-19(16-6-3-2-4-7-16)25-20-12-18(21)10-9-17(20)13-22/h2-4,6-7,9-10,12,15,19,23-24H,5,8,11,14H2,1H3/t15-,19+/m0/s1. The monoisotopic (exact) mass is 358 g/mol. The predicted molar refractivity (Wildman–Crippen MR) is 99.8 cm³/mol. The van der Waals surface area contributed by atoms with Gasteiger partial charge in [0.15, 0.2) is 0 Å². The average Bonchev–Trinajstić information content (AvgIpc) is 2.64. The lowest BCUT2D eigenvalue weighted by atomic mass is 10.0. The first-order valence-electron chi connectivity index (χ1n) is 8.39. The van der Waals surface area contributed by atoms with Gasteiger partial charge < -0.3 is 15.2 Å². The van der Waals surface area contributed by atoms with Gasteiger partial charge in [-0.25, -0.2) is 0 Å². The van der Waals surface area contributed by atoms with Crippen molar-refractivity contribution < 1.29 is 9.84 Å². The molecule has 2 atom stereocenters. The van der Waals surface area contributed by atoms with Crippen LogP contribution in [0.4, 0.5) is 0 Å². The van der Waals surface area contributed by atoms with Gasteiger partial charge in [0.05, 0.1) is 12.2 Å². The Morgan fingerprint density at radius 2 is 2.00 bits per heavy atom. The molecule has 2 aromatic rings. The van der Waals surface area contributed by atoms with Gasteiger partial charge in [-0.3, -0.25) is 0 Å². The maximum atomic E-state index is 9.29. The van der Waals surface area contributed by atoms with Gasteiger partial charge in [0, 0.05) is 17.1 Å². The summed E-state index contributed by atoms with van der Waals surface area (Å²) in [6.45, 7) is 2.85. The van der Waals surface area contributed by atoms with Crippen molar-refractivity contribution in [1.82, 2.24) is 5.32 Å². The topological polar surface area (TPSA) is 65.3 Å². The number of hydrogen-bond donors (Lipinski definition) is 2. The third-order valence-electron chi connectivity index (χ3n) is 3.91. The molecule has 25 heavy (non-hydrogen) atoms. The first-order chi connectivity index (χ1) is 12.1. The number of benzene rings is 2. The molecular formula is C20H23ClN2O2. The summed E-state index contributed by atoms with van der Waals surface area (Å²) in [4.78, 5) is 0. The second kappa shape index (κ2) is 10.0. The van der Waals surface area contributed by atoms with E-state index >= 15 is 0 Å². The van der Waals surface area contributed by atoms with E-state index < -0.39 is 0 Å². The number of rotatable bonds is 9. The van der Waals surface area contributed by atoms with E-state index in [1.165, 1.54) is 0 Å². The summed E-state index contributed by atoms with van der Waals surface area (Å²) in [6, 6.07) is 17.2. The van der Waals surface area contributed by atoms with E-state index in [1.807, 2.05) is 37.3 Å². The Balaban J connectivity index is 2.10. The zero-order valence-electron chi connectivity index (χ0n) is 14.3. The Bertz CT molecular complexity index is 701. The van der Waals surface area contributed by atoms with Crippen molar-refractivity contribution in [1.29, 1.82) is 5.26 Å². The Morgan fingerprint density at radius 1 is 1.24 bits per heavy atom. The summed E-state index contributed by atoms with van der Waals surface area (Å²) in [6.07, 6.45) is 1.50. The van der Waals surface area contributed by atoms with Crippen LogP contribution in [0.3, 0.4) is 0 Å². The van der Waals surface area contributed by atoms with Crippen LogP contribution in [-0.4, -0.2) is 24.3 Å². The number of nitrogens with one attached hydrogen (secondary N) is 1. The van der Waals surface area contributed by atoms with Gasteiger partial charge in [0.2, 0.25) is 0 Å². The van der Waals surface area contributed by atoms with E-state index in [4.69, 9.17) is 21.4 Å². The maximum absolute atomic E-state index is 9.29. The van der Waals surface area contributed by atoms with Gasteiger partial charge >= 0.3 is 0 Å². The molecular weight excluding hydrogens is 336 g/mol. The molecule has 4 nitrogen and oxygen atoms in total. The average molecular weight is 359 g/mol. The molecule has 0 radical (unpaired) electrons. The van der Waals surface area contributed by atoms with Gasteiger partial charge in [0.25, 0.3) is 0 Å². The molecule has 0 spiro atoms. The van der Waals surface area contributed by atoms with E-state index in [0.717, 1.165) is 24.9 Å². The summed E-state index contributed by atoms with van der Waals surface area (Å²) in [7, 11) is 0. The molecule has 0 bridgehead atoms. The third kappa shape index (κ3) is 6.06. The summed E-state index contributed by atoms with van der Waals surface area (Å²) in [5.74, 6) is 0.500. The predicted octanol–water partition coefficient (Wildman–Crippen LogP) is 4.08. The summed E-state index contributed by atoms with van der Waals surface area (Å²) >= 11 is 6.06. The Labute approximate surface area is 154 Å². The fourth-order valence-corrected chi connectivity index (χ4v) is 2.66. The van der Waals surface area contributed by atoms with Crippen molar-refractivity contribution in [2.24, 2.45) is 0 Å². The largest absolute Gasteiger partial charge is 0.484 e. The van der Waals surface area contributed by atoms with Crippen LogP contribution < -0.4 is 10.1 Å². The highest BCUT2D eigenvalue weighted by Gasteiger charge is 2.16. The van der Waals surface area contributed by atoms with Crippen LogP contribution >= 0.6 is 11.6 Å². The highest BCUT2D eigenvalue weighted by Crippen LogP contribution is 2.30. The van der Waals surface area contributed by atoms with Gasteiger partial charge in [0.1, 0.15) is 17.9 Å². The molecule has 132 valence electrons. The van der Waals surface area contributed by atoms with E-state index in [9.17, 15) is 5.26 Å². The van der Waals surface area contributed by atoms with Crippen LogP contribution in [-0.2, 0) is 0 Å². The Hall–Kier alpha value is -2.06. The van der Waals surface area contributed by atoms with Crippen LogP contribution in [0, 0.1) is 11.3 Å². The first kappa shape index (κ1) is 19.3. The smallest absolute Gasteiger partial charge is 0.139 e. The highest BCUT2D eigenvalue weighted by atomic mass is 35.5. The fraction of sp³-hybridized carbons (Fsp3) is 0.350. The number of nitrogens with zero attached hydrogens (tertiary/aromatic N) is 1. The van der Waals surface area contributed by atoms with Crippen molar-refractivity contribution in [3.8, 4) is 11.8 Å². The Morgan fingerprint density at radius 3 is 2.68 bits per heavy atom. The summed E-state index contributed by atoms with van der Waals surface area (Å²) in [5.41, 5.74) is 1.53. The minimum absolute atomic E-state index is 0.0780. The first-order valence-corrected chi connectivity index (χ1v) is 8.77. The molecule has 0 saturated heterocycles. The highest BCUT2D eigenvalue weighted by molar-refractivity contribution is 6.30. The molecule has 0 aliphatic carbocycles. The molecule has 0 amide bonds. The minimum atomic E-state index is -0.169. The van der Waals surface area contributed by atoms with Gasteiger partial charge in [-0.15, -0.1) is 0 Å².